The first-order chi connectivity index (χ1) is 15.9. The lowest BCUT2D eigenvalue weighted by Gasteiger charge is -2.06. The van der Waals surface area contributed by atoms with E-state index in [1.807, 2.05) is 68.5 Å². The van der Waals surface area contributed by atoms with Crippen LogP contribution in [-0.4, -0.2) is 27.5 Å². The van der Waals surface area contributed by atoms with Gasteiger partial charge in [0.05, 0.1) is 12.3 Å². The predicted molar refractivity (Wildman–Crippen MR) is 133 cm³/mol. The van der Waals surface area contributed by atoms with Gasteiger partial charge in [-0.3, -0.25) is 4.79 Å². The molecule has 1 heterocycles. The predicted octanol–water partition coefficient (Wildman–Crippen LogP) is 5.90. The number of hydrogen-bond acceptors (Lipinski definition) is 4. The third kappa shape index (κ3) is 5.29. The number of rotatable bonds is 7. The summed E-state index contributed by atoms with van der Waals surface area (Å²) >= 11 is 0. The van der Waals surface area contributed by atoms with Gasteiger partial charge >= 0.3 is 0 Å². The van der Waals surface area contributed by atoms with Crippen molar-refractivity contribution < 1.29 is 9.53 Å². The molecule has 0 atom stereocenters. The molecule has 0 saturated heterocycles. The molecular weight excluding hydrogens is 412 g/mol. The lowest BCUT2D eigenvalue weighted by molar-refractivity contribution is -0.111. The van der Waals surface area contributed by atoms with E-state index >= 15 is 0 Å². The van der Waals surface area contributed by atoms with Gasteiger partial charge in [0.25, 0.3) is 0 Å². The Morgan fingerprint density at radius 3 is 2.33 bits per heavy atom. The summed E-state index contributed by atoms with van der Waals surface area (Å²) in [6.45, 7) is 8.84. The molecule has 3 aromatic carbocycles. The van der Waals surface area contributed by atoms with E-state index in [4.69, 9.17) is 4.74 Å². The van der Waals surface area contributed by atoms with Crippen LogP contribution in [0.4, 0.5) is 5.69 Å². The number of nitrogens with zero attached hydrogens (tertiary/aromatic N) is 3. The number of anilines is 1. The van der Waals surface area contributed by atoms with Gasteiger partial charge in [-0.1, -0.05) is 38.1 Å². The number of aryl methyl sites for hydroxylation is 1. The quantitative estimate of drug-likeness (QED) is 0.363. The van der Waals surface area contributed by atoms with Crippen LogP contribution < -0.4 is 10.1 Å². The maximum atomic E-state index is 12.5. The number of amides is 1. The van der Waals surface area contributed by atoms with Gasteiger partial charge in [0.15, 0.2) is 0 Å². The third-order valence-electron chi connectivity index (χ3n) is 5.39. The Morgan fingerprint density at radius 2 is 1.70 bits per heavy atom. The van der Waals surface area contributed by atoms with Gasteiger partial charge in [0, 0.05) is 11.8 Å². The van der Waals surface area contributed by atoms with Crippen molar-refractivity contribution in [2.45, 2.75) is 33.6 Å². The normalized spacial score (nSPS) is 11.4. The van der Waals surface area contributed by atoms with Crippen LogP contribution in [0.25, 0.3) is 22.8 Å². The van der Waals surface area contributed by atoms with Crippen LogP contribution in [0.1, 0.15) is 43.4 Å². The lowest BCUT2D eigenvalue weighted by atomic mass is 10.0. The summed E-state index contributed by atoms with van der Waals surface area (Å²) in [6, 6.07) is 19.6. The number of carbonyl (C=O) groups excluding carboxylic acids is 1. The second kappa shape index (κ2) is 9.69. The first kappa shape index (κ1) is 22.3. The van der Waals surface area contributed by atoms with E-state index in [0.29, 0.717) is 23.7 Å². The smallest absolute Gasteiger partial charge is 0.248 e. The number of benzene rings is 3. The highest BCUT2D eigenvalue weighted by Gasteiger charge is 2.10. The summed E-state index contributed by atoms with van der Waals surface area (Å²) in [7, 11) is 0. The molecule has 0 aliphatic carbocycles. The fourth-order valence-electron chi connectivity index (χ4n) is 3.50. The van der Waals surface area contributed by atoms with Gasteiger partial charge < -0.3 is 10.1 Å². The summed E-state index contributed by atoms with van der Waals surface area (Å²) in [5.74, 6) is 1.10. The maximum absolute atomic E-state index is 12.5. The minimum Gasteiger partial charge on any atom is -0.494 e. The topological polar surface area (TPSA) is 69.0 Å². The molecule has 33 heavy (non-hydrogen) atoms. The van der Waals surface area contributed by atoms with E-state index in [-0.39, 0.29) is 5.91 Å². The van der Waals surface area contributed by atoms with Crippen molar-refractivity contribution in [3.63, 3.8) is 0 Å². The maximum Gasteiger partial charge on any atom is 0.248 e. The van der Waals surface area contributed by atoms with E-state index in [2.05, 4.69) is 41.5 Å². The minimum absolute atomic E-state index is 0.190. The van der Waals surface area contributed by atoms with Gasteiger partial charge in [-0.15, -0.1) is 10.2 Å². The molecule has 1 N–H and O–H groups in total. The largest absolute Gasteiger partial charge is 0.494 e. The van der Waals surface area contributed by atoms with Crippen LogP contribution in [0.3, 0.4) is 0 Å². The van der Waals surface area contributed by atoms with Crippen molar-refractivity contribution in [1.82, 2.24) is 15.0 Å². The summed E-state index contributed by atoms with van der Waals surface area (Å²) in [5.41, 5.74) is 6.21. The molecular formula is C27H28N4O2. The summed E-state index contributed by atoms with van der Waals surface area (Å²) < 4.78 is 5.49. The molecule has 6 nitrogen and oxygen atoms in total. The Kier molecular flexibility index (Phi) is 6.54. The van der Waals surface area contributed by atoms with E-state index in [1.165, 1.54) is 5.56 Å². The molecule has 0 aliphatic rings. The highest BCUT2D eigenvalue weighted by atomic mass is 16.5. The molecule has 0 radical (unpaired) electrons. The standard InChI is InChI=1S/C27H28N4O2/c1-5-33-23-13-11-22(12-14-23)31-29-25-16-19(4)24(17-26(25)30-31)28-27(32)15-8-20-6-9-21(10-7-20)18(2)3/h6-18H,5H2,1-4H3,(H,28,32)/b15-8+. The summed E-state index contributed by atoms with van der Waals surface area (Å²) in [5, 5.41) is 12.1. The second-order valence-electron chi connectivity index (χ2n) is 8.22. The van der Waals surface area contributed by atoms with Crippen LogP contribution in [0.15, 0.2) is 66.7 Å². The number of carbonyl (C=O) groups is 1. The van der Waals surface area contributed by atoms with Crippen LogP contribution >= 0.6 is 0 Å². The Bertz CT molecular complexity index is 1290. The highest BCUT2D eigenvalue weighted by Crippen LogP contribution is 2.23. The Hall–Kier alpha value is -3.93. The molecule has 0 unspecified atom stereocenters. The Morgan fingerprint density at radius 1 is 1.03 bits per heavy atom. The van der Waals surface area contributed by atoms with Crippen molar-refractivity contribution in [1.29, 1.82) is 0 Å². The van der Waals surface area contributed by atoms with Crippen molar-refractivity contribution >= 4 is 28.7 Å². The molecule has 1 aromatic heterocycles. The Labute approximate surface area is 193 Å². The second-order valence-corrected chi connectivity index (χ2v) is 8.22. The number of aromatic nitrogens is 3. The fraction of sp³-hybridized carbons (Fsp3) is 0.222. The number of ether oxygens (including phenoxy) is 1. The van der Waals surface area contributed by atoms with Gasteiger partial charge in [-0.05, 0) is 78.9 Å². The fourth-order valence-corrected chi connectivity index (χ4v) is 3.50. The summed E-state index contributed by atoms with van der Waals surface area (Å²) in [4.78, 5) is 14.1. The average Bonchev–Trinajstić information content (AvgIpc) is 3.21. The van der Waals surface area contributed by atoms with E-state index in [1.54, 1.807) is 10.9 Å². The molecule has 4 aromatic rings. The van der Waals surface area contributed by atoms with Crippen molar-refractivity contribution in [2.24, 2.45) is 0 Å². The van der Waals surface area contributed by atoms with Crippen molar-refractivity contribution in [3.05, 3.63) is 83.4 Å². The molecule has 0 fully saturated rings. The number of fused-ring (bicyclic) bond motifs is 1. The van der Waals surface area contributed by atoms with Crippen molar-refractivity contribution in [3.8, 4) is 11.4 Å². The van der Waals surface area contributed by atoms with Crippen LogP contribution in [-0.2, 0) is 4.79 Å². The number of nitrogens with one attached hydrogen (secondary N) is 1. The molecule has 0 spiro atoms. The molecule has 1 amide bonds. The van der Waals surface area contributed by atoms with Crippen molar-refractivity contribution in [2.75, 3.05) is 11.9 Å². The van der Waals surface area contributed by atoms with E-state index in [9.17, 15) is 4.79 Å². The monoisotopic (exact) mass is 440 g/mol. The molecule has 4 rings (SSSR count). The van der Waals surface area contributed by atoms with Gasteiger partial charge in [-0.2, -0.15) is 4.80 Å². The van der Waals surface area contributed by atoms with E-state index < -0.39 is 0 Å². The molecule has 168 valence electrons. The lowest BCUT2D eigenvalue weighted by Crippen LogP contribution is -2.08. The molecule has 6 heteroatoms. The van der Waals surface area contributed by atoms with Crippen LogP contribution in [0.5, 0.6) is 5.75 Å². The number of hydrogen-bond donors (Lipinski definition) is 1. The van der Waals surface area contributed by atoms with E-state index in [0.717, 1.165) is 28.1 Å². The zero-order chi connectivity index (χ0) is 23.4. The van der Waals surface area contributed by atoms with Gasteiger partial charge in [-0.25, -0.2) is 0 Å². The first-order valence-corrected chi connectivity index (χ1v) is 11.1. The molecule has 0 aliphatic heterocycles. The highest BCUT2D eigenvalue weighted by molar-refractivity contribution is 6.03. The van der Waals surface area contributed by atoms with Gasteiger partial charge in [0.1, 0.15) is 16.8 Å². The average molecular weight is 441 g/mol. The van der Waals surface area contributed by atoms with Gasteiger partial charge in [0.2, 0.25) is 5.91 Å². The zero-order valence-electron chi connectivity index (χ0n) is 19.4. The minimum atomic E-state index is -0.190. The van der Waals surface area contributed by atoms with Crippen LogP contribution in [0, 0.1) is 6.92 Å². The first-order valence-electron chi connectivity index (χ1n) is 11.1. The third-order valence-corrected chi connectivity index (χ3v) is 5.39. The SMILES string of the molecule is CCOc1ccc(-n2nc3cc(C)c(NC(=O)/C=C/c4ccc(C(C)C)cc4)cc3n2)cc1. The van der Waals surface area contributed by atoms with Crippen LogP contribution in [0.2, 0.25) is 0 Å². The Balaban J connectivity index is 1.49. The molecule has 0 saturated carbocycles. The summed E-state index contributed by atoms with van der Waals surface area (Å²) in [6.07, 6.45) is 3.36. The zero-order valence-corrected chi connectivity index (χ0v) is 19.4. The molecule has 0 bridgehead atoms.